The van der Waals surface area contributed by atoms with Gasteiger partial charge in [0.25, 0.3) is 0 Å². The van der Waals surface area contributed by atoms with E-state index in [4.69, 9.17) is 5.11 Å². The number of aliphatic hydroxyl groups is 1. The average molecular weight is 291 g/mol. The number of benzene rings is 1. The van der Waals surface area contributed by atoms with Crippen molar-refractivity contribution in [1.82, 2.24) is 5.32 Å². The van der Waals surface area contributed by atoms with Gasteiger partial charge >= 0.3 is 6.18 Å². The van der Waals surface area contributed by atoms with Crippen LogP contribution in [0.25, 0.3) is 0 Å². The van der Waals surface area contributed by atoms with Crippen molar-refractivity contribution in [1.29, 1.82) is 0 Å². The van der Waals surface area contributed by atoms with Crippen LogP contribution in [0.5, 0.6) is 0 Å². The van der Waals surface area contributed by atoms with Crippen LogP contribution in [0.4, 0.5) is 13.2 Å². The van der Waals surface area contributed by atoms with E-state index in [1.807, 2.05) is 12.1 Å². The van der Waals surface area contributed by atoms with Gasteiger partial charge in [0.05, 0.1) is 0 Å². The quantitative estimate of drug-likeness (QED) is 0.790. The number of aliphatic hydroxyl groups excluding tert-OH is 1. The fourth-order valence-corrected chi connectivity index (χ4v) is 2.39. The summed E-state index contributed by atoms with van der Waals surface area (Å²) in [4.78, 5) is 0.735. The van der Waals surface area contributed by atoms with E-state index in [1.165, 1.54) is 12.8 Å². The van der Waals surface area contributed by atoms with Gasteiger partial charge < -0.3 is 10.4 Å². The van der Waals surface area contributed by atoms with Crippen molar-refractivity contribution in [2.45, 2.75) is 42.6 Å². The standard InChI is InChI=1S/C13H16F3NOS/c14-13(15,16)12(18)8-19-11-5-1-9(2-6-11)7-17-10-3-4-10/h1-2,5-6,10,12,17-18H,3-4,7-8H2. The van der Waals surface area contributed by atoms with Crippen LogP contribution >= 0.6 is 11.8 Å². The molecule has 0 heterocycles. The summed E-state index contributed by atoms with van der Waals surface area (Å²) < 4.78 is 36.4. The van der Waals surface area contributed by atoms with Gasteiger partial charge in [0, 0.05) is 23.2 Å². The molecule has 0 aromatic heterocycles. The summed E-state index contributed by atoms with van der Waals surface area (Å²) in [6, 6.07) is 8.01. The largest absolute Gasteiger partial charge is 0.415 e. The third-order valence-corrected chi connectivity index (χ3v) is 3.97. The van der Waals surface area contributed by atoms with Crippen molar-refractivity contribution >= 4 is 11.8 Å². The molecule has 2 rings (SSSR count). The van der Waals surface area contributed by atoms with Crippen LogP contribution in [0.2, 0.25) is 0 Å². The summed E-state index contributed by atoms with van der Waals surface area (Å²) in [5.41, 5.74) is 1.12. The molecule has 1 aromatic carbocycles. The Morgan fingerprint density at radius 3 is 2.42 bits per heavy atom. The molecule has 6 heteroatoms. The van der Waals surface area contributed by atoms with Crippen LogP contribution in [0.15, 0.2) is 29.2 Å². The molecule has 1 unspecified atom stereocenters. The molecule has 1 aromatic rings. The molecule has 1 saturated carbocycles. The molecule has 0 bridgehead atoms. The second-order valence-corrected chi connectivity index (χ2v) is 5.76. The molecule has 0 spiro atoms. The molecule has 1 atom stereocenters. The van der Waals surface area contributed by atoms with Gasteiger partial charge in [-0.3, -0.25) is 0 Å². The first-order valence-corrected chi connectivity index (χ1v) is 7.13. The summed E-state index contributed by atoms with van der Waals surface area (Å²) in [6.07, 6.45) is -4.36. The Bertz CT molecular complexity index is 403. The number of thioether (sulfide) groups is 1. The summed E-state index contributed by atoms with van der Waals surface area (Å²) in [5.74, 6) is -0.372. The fourth-order valence-electron chi connectivity index (χ4n) is 1.52. The lowest BCUT2D eigenvalue weighted by molar-refractivity contribution is -0.195. The minimum atomic E-state index is -4.54. The molecule has 19 heavy (non-hydrogen) atoms. The first-order chi connectivity index (χ1) is 8.95. The molecule has 106 valence electrons. The number of rotatable bonds is 6. The van der Waals surface area contributed by atoms with Crippen molar-refractivity contribution < 1.29 is 18.3 Å². The lowest BCUT2D eigenvalue weighted by Gasteiger charge is -2.13. The van der Waals surface area contributed by atoms with Crippen molar-refractivity contribution in [3.05, 3.63) is 29.8 Å². The van der Waals surface area contributed by atoms with E-state index in [0.29, 0.717) is 6.04 Å². The van der Waals surface area contributed by atoms with Gasteiger partial charge in [0.15, 0.2) is 6.10 Å². The Morgan fingerprint density at radius 1 is 1.26 bits per heavy atom. The van der Waals surface area contributed by atoms with Crippen LogP contribution in [-0.4, -0.2) is 29.2 Å². The van der Waals surface area contributed by atoms with Gasteiger partial charge in [0.1, 0.15) is 0 Å². The molecule has 1 aliphatic carbocycles. The summed E-state index contributed by atoms with van der Waals surface area (Å²) >= 11 is 1.01. The summed E-state index contributed by atoms with van der Waals surface area (Å²) in [5, 5.41) is 12.3. The zero-order valence-electron chi connectivity index (χ0n) is 10.3. The second-order valence-electron chi connectivity index (χ2n) is 4.67. The normalized spacial score (nSPS) is 17.5. The Kier molecular flexibility index (Phi) is 4.76. The minimum absolute atomic E-state index is 0.372. The van der Waals surface area contributed by atoms with Crippen molar-refractivity contribution in [2.75, 3.05) is 5.75 Å². The van der Waals surface area contributed by atoms with Crippen LogP contribution in [0.3, 0.4) is 0 Å². The Morgan fingerprint density at radius 2 is 1.89 bits per heavy atom. The summed E-state index contributed by atoms with van der Waals surface area (Å²) in [7, 11) is 0. The van der Waals surface area contributed by atoms with Gasteiger partial charge in [-0.25, -0.2) is 0 Å². The first kappa shape index (κ1) is 14.7. The van der Waals surface area contributed by atoms with E-state index in [1.54, 1.807) is 12.1 Å². The zero-order valence-corrected chi connectivity index (χ0v) is 11.1. The number of alkyl halides is 3. The maximum Gasteiger partial charge on any atom is 0.415 e. The van der Waals surface area contributed by atoms with E-state index >= 15 is 0 Å². The molecule has 0 amide bonds. The fraction of sp³-hybridized carbons (Fsp3) is 0.538. The second kappa shape index (κ2) is 6.15. The lowest BCUT2D eigenvalue weighted by atomic mass is 10.2. The Labute approximate surface area is 114 Å². The lowest BCUT2D eigenvalue weighted by Crippen LogP contribution is -2.30. The molecule has 2 nitrogen and oxygen atoms in total. The van der Waals surface area contributed by atoms with Gasteiger partial charge in [-0.15, -0.1) is 11.8 Å². The average Bonchev–Trinajstić information content (AvgIpc) is 3.17. The molecule has 2 N–H and O–H groups in total. The number of halogens is 3. The Hall–Kier alpha value is -0.720. The van der Waals surface area contributed by atoms with Crippen molar-refractivity contribution in [3.63, 3.8) is 0 Å². The molecule has 0 saturated heterocycles. The van der Waals surface area contributed by atoms with E-state index in [9.17, 15) is 13.2 Å². The highest BCUT2D eigenvalue weighted by Gasteiger charge is 2.37. The summed E-state index contributed by atoms with van der Waals surface area (Å²) in [6.45, 7) is 0.792. The SMILES string of the molecule is OC(CSc1ccc(CNC2CC2)cc1)C(F)(F)F. The zero-order chi connectivity index (χ0) is 13.9. The highest BCUT2D eigenvalue weighted by Crippen LogP contribution is 2.27. The van der Waals surface area contributed by atoms with E-state index in [-0.39, 0.29) is 5.75 Å². The first-order valence-electron chi connectivity index (χ1n) is 6.15. The van der Waals surface area contributed by atoms with Crippen LogP contribution in [0, 0.1) is 0 Å². The number of hydrogen-bond donors (Lipinski definition) is 2. The predicted molar refractivity (Wildman–Crippen MR) is 69.1 cm³/mol. The molecule has 1 fully saturated rings. The molecule has 0 aliphatic heterocycles. The third kappa shape index (κ3) is 5.04. The molecular weight excluding hydrogens is 275 g/mol. The van der Waals surface area contributed by atoms with E-state index in [0.717, 1.165) is 28.8 Å². The third-order valence-electron chi connectivity index (χ3n) is 2.88. The van der Waals surface area contributed by atoms with E-state index in [2.05, 4.69) is 5.32 Å². The Balaban J connectivity index is 1.77. The van der Waals surface area contributed by atoms with E-state index < -0.39 is 12.3 Å². The molecular formula is C13H16F3NOS. The van der Waals surface area contributed by atoms with Gasteiger partial charge in [-0.2, -0.15) is 13.2 Å². The molecule has 1 aliphatic rings. The maximum absolute atomic E-state index is 12.1. The highest BCUT2D eigenvalue weighted by molar-refractivity contribution is 7.99. The highest BCUT2D eigenvalue weighted by atomic mass is 32.2. The smallest absolute Gasteiger partial charge is 0.383 e. The van der Waals surface area contributed by atoms with Gasteiger partial charge in [-0.1, -0.05) is 12.1 Å². The minimum Gasteiger partial charge on any atom is -0.383 e. The van der Waals surface area contributed by atoms with Crippen molar-refractivity contribution in [3.8, 4) is 0 Å². The van der Waals surface area contributed by atoms with Gasteiger partial charge in [0.2, 0.25) is 0 Å². The monoisotopic (exact) mass is 291 g/mol. The van der Waals surface area contributed by atoms with Crippen LogP contribution in [-0.2, 0) is 6.54 Å². The van der Waals surface area contributed by atoms with Crippen LogP contribution < -0.4 is 5.32 Å². The van der Waals surface area contributed by atoms with Crippen molar-refractivity contribution in [2.24, 2.45) is 0 Å². The number of nitrogens with one attached hydrogen (secondary N) is 1. The predicted octanol–water partition coefficient (Wildman–Crippen LogP) is 2.95. The number of hydrogen-bond acceptors (Lipinski definition) is 3. The molecule has 0 radical (unpaired) electrons. The van der Waals surface area contributed by atoms with Crippen LogP contribution in [0.1, 0.15) is 18.4 Å². The topological polar surface area (TPSA) is 32.3 Å². The maximum atomic E-state index is 12.1. The van der Waals surface area contributed by atoms with Gasteiger partial charge in [-0.05, 0) is 30.5 Å².